The Balaban J connectivity index is 1.84. The fraction of sp³-hybridized carbons (Fsp3) is 0.105. The molecule has 7 heteroatoms. The van der Waals surface area contributed by atoms with Crippen molar-refractivity contribution in [1.29, 1.82) is 0 Å². The molecule has 3 aromatic rings. The zero-order valence-corrected chi connectivity index (χ0v) is 14.8. The summed E-state index contributed by atoms with van der Waals surface area (Å²) in [5.41, 5.74) is -0.187. The topological polar surface area (TPSA) is 39.4 Å². The molecule has 3 rings (SSSR count). The van der Waals surface area contributed by atoms with Crippen molar-refractivity contribution < 1.29 is 22.3 Å². The lowest BCUT2D eigenvalue weighted by Crippen LogP contribution is -2.04. The molecule has 0 atom stereocenters. The minimum absolute atomic E-state index is 0.133. The average Bonchev–Trinajstić information content (AvgIpc) is 2.60. The summed E-state index contributed by atoms with van der Waals surface area (Å²) in [5, 5.41) is 0. The third-order valence-corrected chi connectivity index (χ3v) is 4.37. The van der Waals surface area contributed by atoms with Crippen molar-refractivity contribution in [2.45, 2.75) is 12.8 Å². The SMILES string of the molecule is O=c1cc(OCc2ccccc2Br)cc(-c2ccc(C(F)(F)F)cc2)o1. The average molecular weight is 425 g/mol. The predicted octanol–water partition coefficient (Wildman–Crippen LogP) is 5.67. The van der Waals surface area contributed by atoms with Crippen LogP contribution in [0.2, 0.25) is 0 Å². The van der Waals surface area contributed by atoms with Gasteiger partial charge in [0.15, 0.2) is 0 Å². The molecule has 26 heavy (non-hydrogen) atoms. The largest absolute Gasteiger partial charge is 0.488 e. The number of hydrogen-bond donors (Lipinski definition) is 0. The highest BCUT2D eigenvalue weighted by atomic mass is 79.9. The second-order valence-electron chi connectivity index (χ2n) is 5.43. The molecule has 1 aromatic heterocycles. The smallest absolute Gasteiger partial charge is 0.416 e. The van der Waals surface area contributed by atoms with E-state index in [1.165, 1.54) is 24.3 Å². The van der Waals surface area contributed by atoms with Crippen molar-refractivity contribution in [2.75, 3.05) is 0 Å². The van der Waals surface area contributed by atoms with Crippen LogP contribution in [-0.2, 0) is 12.8 Å². The molecule has 1 heterocycles. The molecule has 2 aromatic carbocycles. The molecule has 0 saturated heterocycles. The highest BCUT2D eigenvalue weighted by Crippen LogP contribution is 2.31. The van der Waals surface area contributed by atoms with Gasteiger partial charge in [-0.3, -0.25) is 0 Å². The van der Waals surface area contributed by atoms with Gasteiger partial charge in [0.1, 0.15) is 18.1 Å². The highest BCUT2D eigenvalue weighted by molar-refractivity contribution is 9.10. The maximum atomic E-state index is 12.6. The van der Waals surface area contributed by atoms with Crippen LogP contribution in [0, 0.1) is 0 Å². The molecule has 3 nitrogen and oxygen atoms in total. The lowest BCUT2D eigenvalue weighted by atomic mass is 10.1. The van der Waals surface area contributed by atoms with Crippen molar-refractivity contribution in [3.05, 3.63) is 86.7 Å². The lowest BCUT2D eigenvalue weighted by Gasteiger charge is -2.09. The summed E-state index contributed by atoms with van der Waals surface area (Å²) in [6.07, 6.45) is -4.42. The predicted molar refractivity (Wildman–Crippen MR) is 93.9 cm³/mol. The van der Waals surface area contributed by atoms with Gasteiger partial charge in [-0.15, -0.1) is 0 Å². The van der Waals surface area contributed by atoms with Crippen LogP contribution >= 0.6 is 15.9 Å². The van der Waals surface area contributed by atoms with E-state index in [0.29, 0.717) is 5.56 Å². The van der Waals surface area contributed by atoms with E-state index in [-0.39, 0.29) is 18.1 Å². The van der Waals surface area contributed by atoms with Gasteiger partial charge in [0.2, 0.25) is 0 Å². The summed E-state index contributed by atoms with van der Waals surface area (Å²) >= 11 is 3.41. The molecule has 0 saturated carbocycles. The van der Waals surface area contributed by atoms with Gasteiger partial charge in [-0.25, -0.2) is 4.79 Å². The Labute approximate surface area is 155 Å². The zero-order chi connectivity index (χ0) is 18.7. The van der Waals surface area contributed by atoms with Crippen LogP contribution in [0.25, 0.3) is 11.3 Å². The monoisotopic (exact) mass is 424 g/mol. The molecular weight excluding hydrogens is 413 g/mol. The fourth-order valence-electron chi connectivity index (χ4n) is 2.28. The van der Waals surface area contributed by atoms with Crippen molar-refractivity contribution in [3.63, 3.8) is 0 Å². The van der Waals surface area contributed by atoms with Crippen LogP contribution in [0.4, 0.5) is 13.2 Å². The molecule has 0 unspecified atom stereocenters. The Kier molecular flexibility index (Phi) is 5.18. The number of rotatable bonds is 4. The maximum Gasteiger partial charge on any atom is 0.416 e. The molecule has 0 spiro atoms. The fourth-order valence-corrected chi connectivity index (χ4v) is 2.68. The Morgan fingerprint density at radius 1 is 1.00 bits per heavy atom. The van der Waals surface area contributed by atoms with Crippen LogP contribution in [-0.4, -0.2) is 0 Å². The van der Waals surface area contributed by atoms with Gasteiger partial charge in [0.25, 0.3) is 0 Å². The van der Waals surface area contributed by atoms with Crippen LogP contribution in [0.15, 0.2) is 74.3 Å². The number of alkyl halides is 3. The number of halogens is 4. The summed E-state index contributed by atoms with van der Waals surface area (Å²) in [7, 11) is 0. The summed E-state index contributed by atoms with van der Waals surface area (Å²) < 4.78 is 49.5. The van der Waals surface area contributed by atoms with E-state index in [1.54, 1.807) is 0 Å². The Morgan fingerprint density at radius 3 is 2.35 bits per heavy atom. The van der Waals surface area contributed by atoms with Gasteiger partial charge in [-0.2, -0.15) is 13.2 Å². The van der Waals surface area contributed by atoms with E-state index in [1.807, 2.05) is 24.3 Å². The first-order valence-corrected chi connectivity index (χ1v) is 8.31. The Hall–Kier alpha value is -2.54. The molecule has 0 aliphatic rings. The van der Waals surface area contributed by atoms with Crippen molar-refractivity contribution in [3.8, 4) is 17.1 Å². The highest BCUT2D eigenvalue weighted by Gasteiger charge is 2.30. The van der Waals surface area contributed by atoms with Gasteiger partial charge >= 0.3 is 11.8 Å². The van der Waals surface area contributed by atoms with Crippen LogP contribution in [0.5, 0.6) is 5.75 Å². The number of benzene rings is 2. The normalized spacial score (nSPS) is 11.4. The number of hydrogen-bond acceptors (Lipinski definition) is 3. The molecule has 0 bridgehead atoms. The summed E-state index contributed by atoms with van der Waals surface area (Å²) in [4.78, 5) is 11.8. The molecule has 0 aliphatic heterocycles. The van der Waals surface area contributed by atoms with Gasteiger partial charge < -0.3 is 9.15 Å². The van der Waals surface area contributed by atoms with E-state index in [2.05, 4.69) is 15.9 Å². The van der Waals surface area contributed by atoms with Gasteiger partial charge in [-0.1, -0.05) is 46.3 Å². The summed E-state index contributed by atoms with van der Waals surface area (Å²) in [5.74, 6) is 0.403. The van der Waals surface area contributed by atoms with Crippen molar-refractivity contribution in [1.82, 2.24) is 0 Å². The van der Waals surface area contributed by atoms with Gasteiger partial charge in [0.05, 0.1) is 11.6 Å². The summed E-state index contributed by atoms with van der Waals surface area (Å²) in [6.45, 7) is 0.220. The first-order valence-electron chi connectivity index (χ1n) is 7.52. The van der Waals surface area contributed by atoms with E-state index >= 15 is 0 Å². The Morgan fingerprint density at radius 2 is 1.69 bits per heavy atom. The van der Waals surface area contributed by atoms with Crippen LogP contribution in [0.1, 0.15) is 11.1 Å². The lowest BCUT2D eigenvalue weighted by molar-refractivity contribution is -0.137. The summed E-state index contributed by atoms with van der Waals surface area (Å²) in [6, 6.07) is 14.5. The second kappa shape index (κ2) is 7.37. The van der Waals surface area contributed by atoms with Crippen LogP contribution in [0.3, 0.4) is 0 Å². The molecule has 0 N–H and O–H groups in total. The molecule has 0 radical (unpaired) electrons. The van der Waals surface area contributed by atoms with E-state index in [4.69, 9.17) is 9.15 Å². The van der Waals surface area contributed by atoms with Crippen molar-refractivity contribution >= 4 is 15.9 Å². The molecule has 134 valence electrons. The number of ether oxygens (including phenoxy) is 1. The molecule has 0 aliphatic carbocycles. The van der Waals surface area contributed by atoms with E-state index in [9.17, 15) is 18.0 Å². The minimum atomic E-state index is -4.42. The second-order valence-corrected chi connectivity index (χ2v) is 6.29. The first kappa shape index (κ1) is 18.3. The first-order chi connectivity index (χ1) is 12.3. The van der Waals surface area contributed by atoms with Gasteiger partial charge in [0, 0.05) is 21.7 Å². The quantitative estimate of drug-likeness (QED) is 0.541. The molecule has 0 amide bonds. The van der Waals surface area contributed by atoms with Crippen LogP contribution < -0.4 is 10.4 Å². The molecule has 0 fully saturated rings. The third kappa shape index (κ3) is 4.35. The van der Waals surface area contributed by atoms with Gasteiger partial charge in [-0.05, 0) is 18.2 Å². The van der Waals surface area contributed by atoms with Crippen molar-refractivity contribution in [2.24, 2.45) is 0 Å². The maximum absolute atomic E-state index is 12.6. The Bertz CT molecular complexity index is 963. The zero-order valence-electron chi connectivity index (χ0n) is 13.2. The standard InChI is InChI=1S/C19H12BrF3O3/c20-16-4-2-1-3-13(16)11-25-15-9-17(26-18(24)10-15)12-5-7-14(8-6-12)19(21,22)23/h1-10H,11H2. The van der Waals surface area contributed by atoms with E-state index in [0.717, 1.165) is 22.2 Å². The van der Waals surface area contributed by atoms with E-state index < -0.39 is 17.4 Å². The third-order valence-electron chi connectivity index (χ3n) is 3.59. The minimum Gasteiger partial charge on any atom is -0.488 e. The molecular formula is C19H12BrF3O3.